The normalized spacial score (nSPS) is 12.9. The molecule has 1 unspecified atom stereocenters. The second-order valence-electron chi connectivity index (χ2n) is 4.88. The fourth-order valence-corrected chi connectivity index (χ4v) is 1.48. The van der Waals surface area contributed by atoms with E-state index in [2.05, 4.69) is 31.3 Å². The molecule has 1 aromatic carbocycles. The van der Waals surface area contributed by atoms with Gasteiger partial charge in [-0.05, 0) is 30.0 Å². The summed E-state index contributed by atoms with van der Waals surface area (Å²) in [6.45, 7) is 6.67. The zero-order valence-corrected chi connectivity index (χ0v) is 11.3. The highest BCUT2D eigenvalue weighted by Gasteiger charge is 1.99. The third kappa shape index (κ3) is 5.15. The summed E-state index contributed by atoms with van der Waals surface area (Å²) in [4.78, 5) is 11.4. The van der Waals surface area contributed by atoms with Crippen molar-refractivity contribution < 1.29 is 4.79 Å². The Morgan fingerprint density at radius 1 is 1.28 bits per heavy atom. The average Bonchev–Trinajstić information content (AvgIpc) is 2.34. The van der Waals surface area contributed by atoms with Gasteiger partial charge in [0.1, 0.15) is 0 Å². The summed E-state index contributed by atoms with van der Waals surface area (Å²) < 4.78 is 0. The molecule has 98 valence electrons. The van der Waals surface area contributed by atoms with Gasteiger partial charge in [0.05, 0.1) is 0 Å². The van der Waals surface area contributed by atoms with E-state index in [4.69, 9.17) is 5.73 Å². The Morgan fingerprint density at radius 2 is 1.89 bits per heavy atom. The number of carbonyl (C=O) groups is 1. The minimum atomic E-state index is -0.111. The first-order valence-electron chi connectivity index (χ1n) is 6.30. The van der Waals surface area contributed by atoms with Crippen LogP contribution in [-0.2, 0) is 4.79 Å². The maximum Gasteiger partial charge on any atom is 0.244 e. The molecule has 1 amide bonds. The molecule has 3 nitrogen and oxygen atoms in total. The van der Waals surface area contributed by atoms with Crippen molar-refractivity contribution in [2.45, 2.75) is 32.7 Å². The van der Waals surface area contributed by atoms with E-state index in [1.807, 2.05) is 19.1 Å². The van der Waals surface area contributed by atoms with E-state index in [1.165, 1.54) is 11.6 Å². The third-order valence-electron chi connectivity index (χ3n) is 2.63. The molecule has 18 heavy (non-hydrogen) atoms. The van der Waals surface area contributed by atoms with Crippen LogP contribution >= 0.6 is 0 Å². The Kier molecular flexibility index (Phi) is 5.59. The third-order valence-corrected chi connectivity index (χ3v) is 2.63. The highest BCUT2D eigenvalue weighted by atomic mass is 16.1. The molecule has 1 aromatic rings. The first-order valence-corrected chi connectivity index (χ1v) is 6.30. The number of rotatable bonds is 5. The molecule has 0 aliphatic carbocycles. The minimum Gasteiger partial charge on any atom is -0.351 e. The van der Waals surface area contributed by atoms with E-state index in [1.54, 1.807) is 6.08 Å². The summed E-state index contributed by atoms with van der Waals surface area (Å²) in [6.07, 6.45) is 3.34. The van der Waals surface area contributed by atoms with Crippen LogP contribution in [0, 0.1) is 0 Å². The first kappa shape index (κ1) is 14.5. The molecular formula is C15H22N2O. The zero-order valence-electron chi connectivity index (χ0n) is 11.3. The van der Waals surface area contributed by atoms with Crippen LogP contribution in [0.2, 0.25) is 0 Å². The van der Waals surface area contributed by atoms with Crippen LogP contribution in [0.4, 0.5) is 0 Å². The molecule has 0 heterocycles. The predicted octanol–water partition coefficient (Wildman–Crippen LogP) is 2.29. The molecule has 0 radical (unpaired) electrons. The van der Waals surface area contributed by atoms with Crippen molar-refractivity contribution in [3.63, 3.8) is 0 Å². The van der Waals surface area contributed by atoms with E-state index in [0.29, 0.717) is 12.5 Å². The van der Waals surface area contributed by atoms with Gasteiger partial charge in [-0.15, -0.1) is 0 Å². The maximum absolute atomic E-state index is 11.4. The number of hydrogen-bond donors (Lipinski definition) is 2. The van der Waals surface area contributed by atoms with Gasteiger partial charge in [0, 0.05) is 18.7 Å². The Hall–Kier alpha value is -1.61. The fraction of sp³-hybridized carbons (Fsp3) is 0.400. The Bertz CT molecular complexity index is 405. The molecule has 0 spiro atoms. The van der Waals surface area contributed by atoms with E-state index >= 15 is 0 Å². The smallest absolute Gasteiger partial charge is 0.244 e. The summed E-state index contributed by atoms with van der Waals surface area (Å²) in [6, 6.07) is 8.19. The topological polar surface area (TPSA) is 55.1 Å². The van der Waals surface area contributed by atoms with E-state index in [0.717, 1.165) is 5.56 Å². The lowest BCUT2D eigenvalue weighted by molar-refractivity contribution is -0.116. The lowest BCUT2D eigenvalue weighted by atomic mass is 10.0. The second-order valence-corrected chi connectivity index (χ2v) is 4.88. The molecule has 3 N–H and O–H groups in total. The van der Waals surface area contributed by atoms with Crippen LogP contribution in [0.15, 0.2) is 30.3 Å². The van der Waals surface area contributed by atoms with Crippen LogP contribution in [-0.4, -0.2) is 18.5 Å². The molecule has 0 bridgehead atoms. The number of hydrogen-bond acceptors (Lipinski definition) is 2. The van der Waals surface area contributed by atoms with Crippen molar-refractivity contribution >= 4 is 12.0 Å². The predicted molar refractivity (Wildman–Crippen MR) is 76.2 cm³/mol. The maximum atomic E-state index is 11.4. The quantitative estimate of drug-likeness (QED) is 0.783. The Labute approximate surface area is 109 Å². The first-order chi connectivity index (χ1) is 8.49. The standard InChI is InChI=1S/C15H22N2O/c1-11(2)14-7-4-13(5-8-14)6-9-15(18)17-10-12(3)16/h4-9,11-12H,10,16H2,1-3H3,(H,17,18)/b9-6+. The molecule has 0 aliphatic rings. The van der Waals surface area contributed by atoms with Gasteiger partial charge in [-0.1, -0.05) is 38.1 Å². The van der Waals surface area contributed by atoms with Crippen molar-refractivity contribution in [2.24, 2.45) is 5.73 Å². The molecule has 0 aromatic heterocycles. The molecular weight excluding hydrogens is 224 g/mol. The molecule has 3 heteroatoms. The monoisotopic (exact) mass is 246 g/mol. The summed E-state index contributed by atoms with van der Waals surface area (Å²) in [5, 5.41) is 2.73. The van der Waals surface area contributed by atoms with Crippen LogP contribution in [0.5, 0.6) is 0 Å². The van der Waals surface area contributed by atoms with Gasteiger partial charge in [-0.2, -0.15) is 0 Å². The largest absolute Gasteiger partial charge is 0.351 e. The van der Waals surface area contributed by atoms with Crippen molar-refractivity contribution in [3.05, 3.63) is 41.5 Å². The number of nitrogens with one attached hydrogen (secondary N) is 1. The summed E-state index contributed by atoms with van der Waals surface area (Å²) >= 11 is 0. The van der Waals surface area contributed by atoms with Crippen LogP contribution in [0.25, 0.3) is 6.08 Å². The lowest BCUT2D eigenvalue weighted by Crippen LogP contribution is -2.34. The summed E-state index contributed by atoms with van der Waals surface area (Å²) in [5.74, 6) is 0.414. The summed E-state index contributed by atoms with van der Waals surface area (Å²) in [5.41, 5.74) is 7.88. The van der Waals surface area contributed by atoms with Crippen LogP contribution in [0.1, 0.15) is 37.8 Å². The zero-order chi connectivity index (χ0) is 13.5. The van der Waals surface area contributed by atoms with Gasteiger partial charge in [0.2, 0.25) is 5.91 Å². The molecule has 0 saturated carbocycles. The van der Waals surface area contributed by atoms with E-state index in [-0.39, 0.29) is 11.9 Å². The summed E-state index contributed by atoms with van der Waals surface area (Å²) in [7, 11) is 0. The van der Waals surface area contributed by atoms with Crippen molar-refractivity contribution in [1.82, 2.24) is 5.32 Å². The molecule has 0 fully saturated rings. The van der Waals surface area contributed by atoms with Gasteiger partial charge >= 0.3 is 0 Å². The minimum absolute atomic E-state index is 0.0207. The van der Waals surface area contributed by atoms with Crippen molar-refractivity contribution in [3.8, 4) is 0 Å². The van der Waals surface area contributed by atoms with Crippen LogP contribution < -0.4 is 11.1 Å². The van der Waals surface area contributed by atoms with Gasteiger partial charge in [0.25, 0.3) is 0 Å². The average molecular weight is 246 g/mol. The number of amides is 1. The number of nitrogens with two attached hydrogens (primary N) is 1. The SMILES string of the molecule is CC(N)CNC(=O)/C=C/c1ccc(C(C)C)cc1. The molecule has 0 saturated heterocycles. The second kappa shape index (κ2) is 6.97. The van der Waals surface area contributed by atoms with Crippen molar-refractivity contribution in [2.75, 3.05) is 6.54 Å². The van der Waals surface area contributed by atoms with E-state index < -0.39 is 0 Å². The molecule has 1 rings (SSSR count). The Balaban J connectivity index is 2.53. The lowest BCUT2D eigenvalue weighted by Gasteiger charge is -2.05. The van der Waals surface area contributed by atoms with Gasteiger partial charge in [0.15, 0.2) is 0 Å². The highest BCUT2D eigenvalue weighted by molar-refractivity contribution is 5.91. The highest BCUT2D eigenvalue weighted by Crippen LogP contribution is 2.15. The Morgan fingerprint density at radius 3 is 2.39 bits per heavy atom. The van der Waals surface area contributed by atoms with Gasteiger partial charge < -0.3 is 11.1 Å². The van der Waals surface area contributed by atoms with Gasteiger partial charge in [-0.25, -0.2) is 0 Å². The number of carbonyl (C=O) groups excluding carboxylic acids is 1. The van der Waals surface area contributed by atoms with Gasteiger partial charge in [-0.3, -0.25) is 4.79 Å². The fourth-order valence-electron chi connectivity index (χ4n) is 1.48. The molecule has 0 aliphatic heterocycles. The van der Waals surface area contributed by atoms with Crippen molar-refractivity contribution in [1.29, 1.82) is 0 Å². The molecule has 1 atom stereocenters. The number of benzene rings is 1. The van der Waals surface area contributed by atoms with Crippen LogP contribution in [0.3, 0.4) is 0 Å². The van der Waals surface area contributed by atoms with E-state index in [9.17, 15) is 4.79 Å².